The topological polar surface area (TPSA) is 116 Å². The third kappa shape index (κ3) is 4.87. The Hall–Kier alpha value is -2.77. The number of carboxylic acids is 1. The first-order valence-corrected chi connectivity index (χ1v) is 6.93. The largest absolute Gasteiger partial charge is 0.507 e. The molecule has 23 heavy (non-hydrogen) atoms. The van der Waals surface area contributed by atoms with Crippen LogP contribution in [0.3, 0.4) is 0 Å². The van der Waals surface area contributed by atoms with Crippen LogP contribution in [-0.2, 0) is 9.59 Å². The van der Waals surface area contributed by atoms with E-state index in [1.165, 1.54) is 39.2 Å². The van der Waals surface area contributed by atoms with Gasteiger partial charge in [-0.15, -0.1) is 0 Å². The van der Waals surface area contributed by atoms with E-state index in [0.29, 0.717) is 5.75 Å². The SMILES string of the molecule is COc1ccc(O)c(C(=O)N(CCNC(C)=O)C(C)C(=O)O)c1. The number of nitrogens with zero attached hydrogens (tertiary/aromatic N) is 1. The normalized spacial score (nSPS) is 11.4. The summed E-state index contributed by atoms with van der Waals surface area (Å²) in [6.07, 6.45) is 0. The number of amides is 2. The lowest BCUT2D eigenvalue weighted by atomic mass is 10.1. The summed E-state index contributed by atoms with van der Waals surface area (Å²) in [5.74, 6) is -2.07. The molecule has 1 aromatic rings. The number of phenols is 1. The van der Waals surface area contributed by atoms with Crippen molar-refractivity contribution in [1.82, 2.24) is 10.2 Å². The Morgan fingerprint density at radius 2 is 2.00 bits per heavy atom. The maximum Gasteiger partial charge on any atom is 0.326 e. The first kappa shape index (κ1) is 18.3. The molecule has 8 heteroatoms. The van der Waals surface area contributed by atoms with E-state index in [4.69, 9.17) is 9.84 Å². The molecule has 1 rings (SSSR count). The van der Waals surface area contributed by atoms with Crippen LogP contribution < -0.4 is 10.1 Å². The van der Waals surface area contributed by atoms with E-state index in [9.17, 15) is 19.5 Å². The molecule has 1 unspecified atom stereocenters. The van der Waals surface area contributed by atoms with E-state index in [2.05, 4.69) is 5.32 Å². The molecule has 0 aliphatic heterocycles. The Kier molecular flexibility index (Phi) is 6.37. The zero-order chi connectivity index (χ0) is 17.6. The van der Waals surface area contributed by atoms with Crippen LogP contribution in [0.1, 0.15) is 24.2 Å². The highest BCUT2D eigenvalue weighted by atomic mass is 16.5. The molecule has 0 spiro atoms. The molecule has 8 nitrogen and oxygen atoms in total. The second-order valence-electron chi connectivity index (χ2n) is 4.88. The van der Waals surface area contributed by atoms with Crippen LogP contribution in [0.15, 0.2) is 18.2 Å². The standard InChI is InChI=1S/C15H20N2O6/c1-9(15(21)22)17(7-6-16-10(2)18)14(20)12-8-11(23-3)4-5-13(12)19/h4-5,8-9,19H,6-7H2,1-3H3,(H,16,18)(H,21,22). The molecule has 0 saturated heterocycles. The maximum atomic E-state index is 12.6. The number of benzene rings is 1. The van der Waals surface area contributed by atoms with Gasteiger partial charge in [0.25, 0.3) is 5.91 Å². The first-order valence-electron chi connectivity index (χ1n) is 6.93. The summed E-state index contributed by atoms with van der Waals surface area (Å²) in [6, 6.07) is 2.98. The van der Waals surface area contributed by atoms with Crippen molar-refractivity contribution in [3.63, 3.8) is 0 Å². The van der Waals surface area contributed by atoms with Gasteiger partial charge >= 0.3 is 5.97 Å². The van der Waals surface area contributed by atoms with E-state index in [1.807, 2.05) is 0 Å². The van der Waals surface area contributed by atoms with E-state index >= 15 is 0 Å². The van der Waals surface area contributed by atoms with Gasteiger partial charge in [-0.2, -0.15) is 0 Å². The minimum Gasteiger partial charge on any atom is -0.507 e. The Morgan fingerprint density at radius 3 is 2.52 bits per heavy atom. The number of carboxylic acid groups (broad SMARTS) is 1. The van der Waals surface area contributed by atoms with Crippen LogP contribution in [-0.4, -0.2) is 59.1 Å². The monoisotopic (exact) mass is 324 g/mol. The molecule has 3 N–H and O–H groups in total. The summed E-state index contributed by atoms with van der Waals surface area (Å²) >= 11 is 0. The number of nitrogens with one attached hydrogen (secondary N) is 1. The highest BCUT2D eigenvalue weighted by Gasteiger charge is 2.28. The van der Waals surface area contributed by atoms with E-state index in [1.54, 1.807) is 0 Å². The molecule has 0 aliphatic carbocycles. The van der Waals surface area contributed by atoms with Crippen molar-refractivity contribution in [2.24, 2.45) is 0 Å². The van der Waals surface area contributed by atoms with Crippen molar-refractivity contribution >= 4 is 17.8 Å². The predicted octanol–water partition coefficient (Wildman–Crippen LogP) is 0.452. The average Bonchev–Trinajstić information content (AvgIpc) is 2.50. The van der Waals surface area contributed by atoms with Crippen LogP contribution in [0.5, 0.6) is 11.5 Å². The second-order valence-corrected chi connectivity index (χ2v) is 4.88. The molecule has 126 valence electrons. The zero-order valence-electron chi connectivity index (χ0n) is 13.2. The number of aromatic hydroxyl groups is 1. The molecule has 0 fully saturated rings. The molecule has 0 saturated carbocycles. The van der Waals surface area contributed by atoms with Gasteiger partial charge in [0.05, 0.1) is 12.7 Å². The molecule has 0 aliphatic rings. The van der Waals surface area contributed by atoms with E-state index in [-0.39, 0.29) is 30.3 Å². The number of hydrogen-bond donors (Lipinski definition) is 3. The van der Waals surface area contributed by atoms with Crippen molar-refractivity contribution < 1.29 is 29.3 Å². The smallest absolute Gasteiger partial charge is 0.326 e. The van der Waals surface area contributed by atoms with Crippen LogP contribution in [0.4, 0.5) is 0 Å². The fourth-order valence-electron chi connectivity index (χ4n) is 1.92. The predicted molar refractivity (Wildman–Crippen MR) is 81.5 cm³/mol. The Morgan fingerprint density at radius 1 is 1.35 bits per heavy atom. The molecule has 1 aromatic carbocycles. The molecular formula is C15H20N2O6. The molecule has 0 heterocycles. The average molecular weight is 324 g/mol. The summed E-state index contributed by atoms with van der Waals surface area (Å²) in [5, 5.41) is 21.5. The lowest BCUT2D eigenvalue weighted by Crippen LogP contribution is -2.46. The van der Waals surface area contributed by atoms with E-state index < -0.39 is 17.9 Å². The van der Waals surface area contributed by atoms with Gasteiger partial charge in [0.15, 0.2) is 0 Å². The number of phenolic OH excluding ortho intramolecular Hbond substituents is 1. The fourth-order valence-corrected chi connectivity index (χ4v) is 1.92. The minimum absolute atomic E-state index is 0.0114. The van der Waals surface area contributed by atoms with Crippen molar-refractivity contribution in [1.29, 1.82) is 0 Å². The quantitative estimate of drug-likeness (QED) is 0.670. The minimum atomic E-state index is -1.19. The summed E-state index contributed by atoms with van der Waals surface area (Å²) in [7, 11) is 1.41. The zero-order valence-corrected chi connectivity index (χ0v) is 13.2. The van der Waals surface area contributed by atoms with Gasteiger partial charge in [-0.05, 0) is 25.1 Å². The summed E-state index contributed by atoms with van der Waals surface area (Å²) in [4.78, 5) is 35.8. The molecule has 0 radical (unpaired) electrons. The molecule has 0 bridgehead atoms. The van der Waals surface area contributed by atoms with E-state index in [0.717, 1.165) is 4.90 Å². The number of hydrogen-bond acceptors (Lipinski definition) is 5. The highest BCUT2D eigenvalue weighted by Crippen LogP contribution is 2.24. The van der Waals surface area contributed by atoms with Crippen LogP contribution in [0.25, 0.3) is 0 Å². The van der Waals surface area contributed by atoms with Gasteiger partial charge in [0, 0.05) is 20.0 Å². The van der Waals surface area contributed by atoms with Gasteiger partial charge in [-0.1, -0.05) is 0 Å². The maximum absolute atomic E-state index is 12.6. The Bertz CT molecular complexity index is 602. The molecule has 1 atom stereocenters. The Balaban J connectivity index is 3.07. The third-order valence-electron chi connectivity index (χ3n) is 3.25. The summed E-state index contributed by atoms with van der Waals surface area (Å²) in [5.41, 5.74) is -0.0692. The third-order valence-corrected chi connectivity index (χ3v) is 3.25. The van der Waals surface area contributed by atoms with Crippen molar-refractivity contribution in [2.45, 2.75) is 19.9 Å². The number of methoxy groups -OCH3 is 1. The van der Waals surface area contributed by atoms with Gasteiger partial charge in [-0.3, -0.25) is 9.59 Å². The lowest BCUT2D eigenvalue weighted by molar-refractivity contribution is -0.141. The fraction of sp³-hybridized carbons (Fsp3) is 0.400. The number of carbonyl (C=O) groups excluding carboxylic acids is 2. The molecule has 0 aromatic heterocycles. The summed E-state index contributed by atoms with van der Waals surface area (Å²) in [6.45, 7) is 2.76. The number of aliphatic carboxylic acids is 1. The van der Waals surface area contributed by atoms with Gasteiger partial charge in [0.1, 0.15) is 17.5 Å². The van der Waals surface area contributed by atoms with Crippen molar-refractivity contribution in [3.05, 3.63) is 23.8 Å². The molecular weight excluding hydrogens is 304 g/mol. The first-order chi connectivity index (χ1) is 10.8. The van der Waals surface area contributed by atoms with Crippen LogP contribution >= 0.6 is 0 Å². The highest BCUT2D eigenvalue weighted by molar-refractivity contribution is 5.99. The lowest BCUT2D eigenvalue weighted by Gasteiger charge is -2.27. The van der Waals surface area contributed by atoms with Gasteiger partial charge in [-0.25, -0.2) is 4.79 Å². The van der Waals surface area contributed by atoms with Crippen molar-refractivity contribution in [2.75, 3.05) is 20.2 Å². The van der Waals surface area contributed by atoms with Crippen LogP contribution in [0.2, 0.25) is 0 Å². The number of ether oxygens (including phenoxy) is 1. The second kappa shape index (κ2) is 8.02. The molecule has 2 amide bonds. The van der Waals surface area contributed by atoms with Crippen LogP contribution in [0, 0.1) is 0 Å². The summed E-state index contributed by atoms with van der Waals surface area (Å²) < 4.78 is 5.01. The van der Waals surface area contributed by atoms with Gasteiger partial charge in [0.2, 0.25) is 5.91 Å². The van der Waals surface area contributed by atoms with Crippen molar-refractivity contribution in [3.8, 4) is 11.5 Å². The number of rotatable bonds is 7. The number of carbonyl (C=O) groups is 3. The Labute approximate surface area is 133 Å². The van der Waals surface area contributed by atoms with Gasteiger partial charge < -0.3 is 25.2 Å².